The van der Waals surface area contributed by atoms with Gasteiger partial charge in [-0.2, -0.15) is 0 Å². The van der Waals surface area contributed by atoms with Gasteiger partial charge in [0.15, 0.2) is 11.6 Å². The molecule has 4 atom stereocenters. The van der Waals surface area contributed by atoms with Gasteiger partial charge in [-0.3, -0.25) is 9.59 Å². The summed E-state index contributed by atoms with van der Waals surface area (Å²) < 4.78 is 3.47. The van der Waals surface area contributed by atoms with E-state index in [1.54, 1.807) is 36.4 Å². The van der Waals surface area contributed by atoms with Crippen molar-refractivity contribution in [2.75, 3.05) is 0 Å². The molecular formula is C26H16Cl5N3O5. The molecule has 0 saturated heterocycles. The first-order valence-electron chi connectivity index (χ1n) is 11.6. The number of carbonyl (C=O) groups excluding carboxylic acids is 2. The second-order valence-corrected chi connectivity index (χ2v) is 11.9. The van der Waals surface area contributed by atoms with Crippen LogP contribution in [0.25, 0.3) is 5.69 Å². The van der Waals surface area contributed by atoms with Crippen LogP contribution in [0.15, 0.2) is 79.8 Å². The molecule has 0 radical (unpaired) electrons. The van der Waals surface area contributed by atoms with Crippen LogP contribution in [-0.4, -0.2) is 40.4 Å². The molecular weight excluding hydrogens is 612 g/mol. The Morgan fingerprint density at radius 2 is 1.54 bits per heavy atom. The van der Waals surface area contributed by atoms with Gasteiger partial charge in [-0.05, 0) is 35.4 Å². The normalized spacial score (nSPS) is 28.1. The zero-order valence-electron chi connectivity index (χ0n) is 19.6. The number of ketones is 2. The summed E-state index contributed by atoms with van der Waals surface area (Å²) in [5, 5.41) is 8.89. The lowest BCUT2D eigenvalue weighted by atomic mass is 9.59. The van der Waals surface area contributed by atoms with Gasteiger partial charge in [0.1, 0.15) is 25.6 Å². The monoisotopic (exact) mass is 625 g/mol. The van der Waals surface area contributed by atoms with Crippen LogP contribution in [-0.2, 0) is 16.1 Å². The maximum absolute atomic E-state index is 13.8. The number of Topliss-reactive ketones (excluding diaryl/α,β-unsaturated/α-hetero) is 2. The molecule has 0 spiro atoms. The van der Waals surface area contributed by atoms with Crippen molar-refractivity contribution in [3.8, 4) is 11.4 Å². The number of fused-ring (bicyclic) bond motifs is 4. The summed E-state index contributed by atoms with van der Waals surface area (Å²) in [6.45, 7) is -0.0410. The fourth-order valence-corrected chi connectivity index (χ4v) is 7.66. The van der Waals surface area contributed by atoms with Crippen LogP contribution in [0.3, 0.4) is 0 Å². The Morgan fingerprint density at radius 1 is 0.872 bits per heavy atom. The number of para-hydroxylation sites is 1. The molecule has 8 nitrogen and oxygen atoms in total. The molecule has 4 unspecified atom stereocenters. The first-order chi connectivity index (χ1) is 18.4. The van der Waals surface area contributed by atoms with E-state index in [1.807, 2.05) is 0 Å². The van der Waals surface area contributed by atoms with E-state index in [1.165, 1.54) is 27.6 Å². The molecule has 1 fully saturated rings. The number of halogens is 5. The number of benzene rings is 2. The Balaban J connectivity index is 1.66. The summed E-state index contributed by atoms with van der Waals surface area (Å²) in [6.07, 6.45) is 1.32. The lowest BCUT2D eigenvalue weighted by molar-refractivity contribution is -0.128. The number of rotatable bonds is 2. The summed E-state index contributed by atoms with van der Waals surface area (Å²) in [4.78, 5) is 50.2. The molecule has 1 aliphatic heterocycles. The molecule has 2 heterocycles. The van der Waals surface area contributed by atoms with Crippen molar-refractivity contribution in [2.24, 2.45) is 0 Å². The Morgan fingerprint density at radius 3 is 2.21 bits per heavy atom. The van der Waals surface area contributed by atoms with Crippen molar-refractivity contribution in [3.05, 3.63) is 102 Å². The third-order valence-corrected chi connectivity index (χ3v) is 10.2. The van der Waals surface area contributed by atoms with Crippen LogP contribution in [0, 0.1) is 0 Å². The fourth-order valence-electron chi connectivity index (χ4n) is 5.86. The number of nitrogens with zero attached hydrogens (tertiary/aromatic N) is 3. The first kappa shape index (κ1) is 26.5. The standard InChI is InChI=1S/C26H16Cl5N3O5/c27-16-10-13(35)6-7-14(16)18-15-8-9-32-23(38)33(12-4-2-1-3-5-12)24(39)34(32)17(15)11-25(30)21(36)19(28)20(29)22(37)26(18,25)31/h1-8,10,17-18,35H,9,11H2. The summed E-state index contributed by atoms with van der Waals surface area (Å²) in [5.74, 6) is -3.10. The highest BCUT2D eigenvalue weighted by atomic mass is 35.5. The topological polar surface area (TPSA) is 103 Å². The molecule has 6 rings (SSSR count). The van der Waals surface area contributed by atoms with Gasteiger partial charge in [0.2, 0.25) is 0 Å². The molecule has 1 aromatic heterocycles. The van der Waals surface area contributed by atoms with Crippen molar-refractivity contribution >= 4 is 69.6 Å². The van der Waals surface area contributed by atoms with Crippen LogP contribution in [0.5, 0.6) is 5.75 Å². The van der Waals surface area contributed by atoms with E-state index < -0.39 is 54.7 Å². The highest BCUT2D eigenvalue weighted by Crippen LogP contribution is 2.64. The minimum atomic E-state index is -2.20. The Kier molecular flexibility index (Phi) is 6.03. The molecule has 0 bridgehead atoms. The van der Waals surface area contributed by atoms with Crippen LogP contribution < -0.4 is 11.4 Å². The van der Waals surface area contributed by atoms with Gasteiger partial charge in [-0.1, -0.05) is 65.1 Å². The number of phenols is 1. The quantitative estimate of drug-likeness (QED) is 0.330. The van der Waals surface area contributed by atoms with Gasteiger partial charge in [-0.25, -0.2) is 23.5 Å². The summed E-state index contributed by atoms with van der Waals surface area (Å²) >= 11 is 33.1. The van der Waals surface area contributed by atoms with Crippen LogP contribution in [0.1, 0.15) is 23.9 Å². The maximum Gasteiger partial charge on any atom is 0.352 e. The second-order valence-electron chi connectivity index (χ2n) is 9.52. The van der Waals surface area contributed by atoms with E-state index in [-0.39, 0.29) is 29.3 Å². The number of carbonyl (C=O) groups is 2. The van der Waals surface area contributed by atoms with E-state index >= 15 is 0 Å². The molecule has 13 heteroatoms. The van der Waals surface area contributed by atoms with Crippen molar-refractivity contribution in [1.29, 1.82) is 0 Å². The smallest absolute Gasteiger partial charge is 0.352 e. The molecule has 39 heavy (non-hydrogen) atoms. The third-order valence-electron chi connectivity index (χ3n) is 7.61. The van der Waals surface area contributed by atoms with Crippen molar-refractivity contribution < 1.29 is 14.7 Å². The number of phenolic OH excluding ortho intramolecular Hbond substituents is 1. The number of alkyl halides is 2. The predicted octanol–water partition coefficient (Wildman–Crippen LogP) is 4.62. The van der Waals surface area contributed by atoms with Crippen LogP contribution in [0.4, 0.5) is 0 Å². The Bertz CT molecular complexity index is 1790. The van der Waals surface area contributed by atoms with Gasteiger partial charge >= 0.3 is 11.4 Å². The SMILES string of the molecule is O=C1C(Cl)=C(Cl)C(=O)C2(Cl)C(c3ccc(O)cc3Cl)C3=CCn4c(=O)n(-c5ccccc5)c(=O)n4C3CC12Cl. The summed E-state index contributed by atoms with van der Waals surface area (Å²) in [7, 11) is 0. The lowest BCUT2D eigenvalue weighted by Crippen LogP contribution is -2.67. The lowest BCUT2D eigenvalue weighted by Gasteiger charge is -2.54. The third kappa shape index (κ3) is 3.39. The molecule has 3 aliphatic rings. The van der Waals surface area contributed by atoms with E-state index in [0.29, 0.717) is 11.3 Å². The van der Waals surface area contributed by atoms with Gasteiger partial charge in [0.25, 0.3) is 0 Å². The van der Waals surface area contributed by atoms with E-state index in [4.69, 9.17) is 58.0 Å². The maximum atomic E-state index is 13.8. The molecule has 1 saturated carbocycles. The molecule has 2 aromatic carbocycles. The van der Waals surface area contributed by atoms with Crippen LogP contribution in [0.2, 0.25) is 5.02 Å². The number of hydrogen-bond donors (Lipinski definition) is 1. The molecule has 200 valence electrons. The van der Waals surface area contributed by atoms with E-state index in [0.717, 1.165) is 4.57 Å². The van der Waals surface area contributed by atoms with Gasteiger partial charge < -0.3 is 5.11 Å². The average Bonchev–Trinajstić information content (AvgIpc) is 3.17. The number of aromatic nitrogens is 3. The largest absolute Gasteiger partial charge is 0.508 e. The van der Waals surface area contributed by atoms with Crippen molar-refractivity contribution in [1.82, 2.24) is 13.9 Å². The molecule has 1 N–H and O–H groups in total. The van der Waals surface area contributed by atoms with E-state index in [2.05, 4.69) is 0 Å². The minimum Gasteiger partial charge on any atom is -0.508 e. The highest BCUT2D eigenvalue weighted by molar-refractivity contribution is 6.66. The zero-order valence-corrected chi connectivity index (χ0v) is 23.4. The van der Waals surface area contributed by atoms with Crippen LogP contribution >= 0.6 is 58.0 Å². The molecule has 3 aromatic rings. The summed E-state index contributed by atoms with van der Waals surface area (Å²) in [6, 6.07) is 11.4. The fraction of sp³-hybridized carbons (Fsp3) is 0.231. The first-order valence-corrected chi connectivity index (χ1v) is 13.5. The minimum absolute atomic E-state index is 0.0368. The average molecular weight is 628 g/mol. The Labute approximate surface area is 245 Å². The van der Waals surface area contributed by atoms with Gasteiger partial charge in [0, 0.05) is 17.4 Å². The highest BCUT2D eigenvalue weighted by Gasteiger charge is 2.71. The second kappa shape index (κ2) is 8.88. The van der Waals surface area contributed by atoms with Crippen molar-refractivity contribution in [2.45, 2.75) is 34.7 Å². The number of aromatic hydroxyl groups is 1. The zero-order chi connectivity index (χ0) is 28.0. The van der Waals surface area contributed by atoms with Crippen molar-refractivity contribution in [3.63, 3.8) is 0 Å². The molecule has 0 amide bonds. The molecule has 2 aliphatic carbocycles. The van der Waals surface area contributed by atoms with E-state index in [9.17, 15) is 24.3 Å². The number of allylic oxidation sites excluding steroid dienone is 4. The Hall–Kier alpha value is -2.75. The summed E-state index contributed by atoms with van der Waals surface area (Å²) in [5.41, 5.74) is -0.218. The van der Waals surface area contributed by atoms with Gasteiger partial charge in [0.05, 0.1) is 18.3 Å². The van der Waals surface area contributed by atoms with Gasteiger partial charge in [-0.15, -0.1) is 23.2 Å². The predicted molar refractivity (Wildman–Crippen MR) is 148 cm³/mol. The number of hydrogen-bond acceptors (Lipinski definition) is 5.